The molecule has 0 N–H and O–H groups in total. The highest BCUT2D eigenvalue weighted by Gasteiger charge is 2.20. The molecule has 0 spiro atoms. The number of carbonyl (C=O) groups is 1. The van der Waals surface area contributed by atoms with Crippen molar-refractivity contribution in [3.63, 3.8) is 0 Å². The molecule has 0 bridgehead atoms. The van der Waals surface area contributed by atoms with Crippen molar-refractivity contribution in [1.82, 2.24) is 4.98 Å². The van der Waals surface area contributed by atoms with Crippen LogP contribution in [0.5, 0.6) is 0 Å². The van der Waals surface area contributed by atoms with Gasteiger partial charge in [0.1, 0.15) is 5.69 Å². The first-order chi connectivity index (χ1) is 6.97. The molecule has 0 aliphatic heterocycles. The maximum absolute atomic E-state index is 12.3. The second-order valence-corrected chi connectivity index (χ2v) is 3.27. The van der Waals surface area contributed by atoms with Gasteiger partial charge in [-0.3, -0.25) is 0 Å². The predicted molar refractivity (Wildman–Crippen MR) is 50.6 cm³/mol. The van der Waals surface area contributed by atoms with Crippen LogP contribution in [-0.2, 0) is 4.74 Å². The van der Waals surface area contributed by atoms with Gasteiger partial charge in [-0.2, -0.15) is 0 Å². The zero-order chi connectivity index (χ0) is 11.6. The molecule has 0 amide bonds. The van der Waals surface area contributed by atoms with Crippen LogP contribution < -0.4 is 0 Å². The molecule has 0 atom stereocenters. The lowest BCUT2D eigenvalue weighted by Crippen LogP contribution is -2.07. The maximum atomic E-state index is 12.3. The van der Waals surface area contributed by atoms with Crippen molar-refractivity contribution < 1.29 is 18.3 Å². The normalized spacial score (nSPS) is 10.5. The van der Waals surface area contributed by atoms with Crippen molar-refractivity contribution in [1.29, 1.82) is 0 Å². The number of methoxy groups -OCH3 is 1. The molecular formula is C8H5Cl2F2NO2. The first kappa shape index (κ1) is 12.1. The monoisotopic (exact) mass is 255 g/mol. The van der Waals surface area contributed by atoms with E-state index in [9.17, 15) is 13.6 Å². The Labute approximate surface area is 94.0 Å². The lowest BCUT2D eigenvalue weighted by atomic mass is 10.3. The van der Waals surface area contributed by atoms with Gasteiger partial charge in [0, 0.05) is 0 Å². The molecule has 3 nitrogen and oxygen atoms in total. The molecule has 0 saturated heterocycles. The Kier molecular flexibility index (Phi) is 3.82. The van der Waals surface area contributed by atoms with E-state index in [1.54, 1.807) is 0 Å². The van der Waals surface area contributed by atoms with Gasteiger partial charge in [-0.1, -0.05) is 23.2 Å². The van der Waals surface area contributed by atoms with Crippen LogP contribution in [0.2, 0.25) is 10.0 Å². The molecule has 15 heavy (non-hydrogen) atoms. The summed E-state index contributed by atoms with van der Waals surface area (Å²) < 4.78 is 28.9. The third kappa shape index (κ3) is 2.54. The maximum Gasteiger partial charge on any atom is 0.358 e. The van der Waals surface area contributed by atoms with Gasteiger partial charge in [-0.05, 0) is 6.07 Å². The van der Waals surface area contributed by atoms with E-state index in [1.807, 2.05) is 0 Å². The molecule has 1 aromatic heterocycles. The lowest BCUT2D eigenvalue weighted by molar-refractivity contribution is 0.0592. The van der Waals surface area contributed by atoms with Crippen molar-refractivity contribution in [2.75, 3.05) is 7.11 Å². The molecule has 0 saturated carbocycles. The second-order valence-electron chi connectivity index (χ2n) is 2.48. The van der Waals surface area contributed by atoms with Crippen molar-refractivity contribution >= 4 is 29.2 Å². The zero-order valence-corrected chi connectivity index (χ0v) is 8.94. The quantitative estimate of drug-likeness (QED) is 0.763. The Morgan fingerprint density at radius 1 is 1.53 bits per heavy atom. The average Bonchev–Trinajstić information content (AvgIpc) is 2.20. The molecule has 1 heterocycles. The zero-order valence-electron chi connectivity index (χ0n) is 7.43. The van der Waals surface area contributed by atoms with Gasteiger partial charge in [-0.15, -0.1) is 0 Å². The van der Waals surface area contributed by atoms with Crippen LogP contribution in [0.25, 0.3) is 0 Å². The van der Waals surface area contributed by atoms with Crippen LogP contribution in [0.4, 0.5) is 8.78 Å². The fraction of sp³-hybridized carbons (Fsp3) is 0.250. The number of hydrogen-bond acceptors (Lipinski definition) is 3. The van der Waals surface area contributed by atoms with Crippen molar-refractivity contribution in [3.8, 4) is 0 Å². The molecule has 1 aromatic rings. The Morgan fingerprint density at radius 2 is 2.13 bits per heavy atom. The Morgan fingerprint density at radius 3 is 2.60 bits per heavy atom. The summed E-state index contributed by atoms with van der Waals surface area (Å²) >= 11 is 11.2. The molecule has 1 rings (SSSR count). The van der Waals surface area contributed by atoms with Gasteiger partial charge in [0.05, 0.1) is 17.2 Å². The number of pyridine rings is 1. The highest BCUT2D eigenvalue weighted by Crippen LogP contribution is 2.29. The molecule has 7 heteroatoms. The molecular weight excluding hydrogens is 251 g/mol. The number of rotatable bonds is 2. The van der Waals surface area contributed by atoms with E-state index in [2.05, 4.69) is 9.72 Å². The van der Waals surface area contributed by atoms with Gasteiger partial charge in [0.15, 0.2) is 5.69 Å². The van der Waals surface area contributed by atoms with Gasteiger partial charge >= 0.3 is 5.97 Å². The molecule has 82 valence electrons. The van der Waals surface area contributed by atoms with Gasteiger partial charge in [0.25, 0.3) is 6.43 Å². The lowest BCUT2D eigenvalue weighted by Gasteiger charge is -2.06. The minimum atomic E-state index is -2.83. The van der Waals surface area contributed by atoms with E-state index in [0.717, 1.165) is 13.2 Å². The second kappa shape index (κ2) is 4.72. The van der Waals surface area contributed by atoms with Gasteiger partial charge in [-0.25, -0.2) is 18.6 Å². The fourth-order valence-electron chi connectivity index (χ4n) is 0.860. The van der Waals surface area contributed by atoms with Crippen LogP contribution in [0, 0.1) is 0 Å². The molecule has 0 radical (unpaired) electrons. The highest BCUT2D eigenvalue weighted by molar-refractivity contribution is 6.43. The Balaban J connectivity index is 3.31. The largest absolute Gasteiger partial charge is 0.464 e. The summed E-state index contributed by atoms with van der Waals surface area (Å²) in [6, 6.07) is 0.904. The number of carbonyl (C=O) groups excluding carboxylic acids is 1. The molecule has 0 aliphatic carbocycles. The predicted octanol–water partition coefficient (Wildman–Crippen LogP) is 3.11. The van der Waals surface area contributed by atoms with Crippen molar-refractivity contribution in [2.24, 2.45) is 0 Å². The van der Waals surface area contributed by atoms with E-state index in [0.29, 0.717) is 0 Å². The van der Waals surface area contributed by atoms with E-state index in [1.165, 1.54) is 0 Å². The molecule has 0 aliphatic rings. The summed E-state index contributed by atoms with van der Waals surface area (Å²) in [6.07, 6.45) is -2.83. The number of ether oxygens (including phenoxy) is 1. The first-order valence-corrected chi connectivity index (χ1v) is 4.45. The standard InChI is InChI=1S/C8H5Cl2F2NO2/c1-15-8(14)6-5(10)3(9)2-4(13-6)7(11)12/h2,7H,1H3. The third-order valence-electron chi connectivity index (χ3n) is 1.54. The summed E-state index contributed by atoms with van der Waals surface area (Å²) in [7, 11) is 1.09. The topological polar surface area (TPSA) is 39.2 Å². The third-order valence-corrected chi connectivity index (χ3v) is 2.31. The summed E-state index contributed by atoms with van der Waals surface area (Å²) in [4.78, 5) is 14.5. The van der Waals surface area contributed by atoms with Gasteiger partial charge < -0.3 is 4.74 Å². The fourth-order valence-corrected chi connectivity index (χ4v) is 1.24. The molecule has 0 aromatic carbocycles. The number of hydrogen-bond donors (Lipinski definition) is 0. The summed E-state index contributed by atoms with van der Waals surface area (Å²) in [5.74, 6) is -0.913. The van der Waals surface area contributed by atoms with E-state index in [4.69, 9.17) is 23.2 Å². The van der Waals surface area contributed by atoms with Crippen LogP contribution in [0.15, 0.2) is 6.07 Å². The summed E-state index contributed by atoms with van der Waals surface area (Å²) in [5.41, 5.74) is -1.04. The number of aromatic nitrogens is 1. The van der Waals surface area contributed by atoms with Crippen LogP contribution in [0.3, 0.4) is 0 Å². The number of esters is 1. The number of alkyl halides is 2. The van der Waals surface area contributed by atoms with E-state index < -0.39 is 23.8 Å². The summed E-state index contributed by atoms with van der Waals surface area (Å²) in [6.45, 7) is 0. The minimum absolute atomic E-state index is 0.164. The number of nitrogens with zero attached hydrogens (tertiary/aromatic N) is 1. The molecule has 0 unspecified atom stereocenters. The summed E-state index contributed by atoms with van der Waals surface area (Å²) in [5, 5.41) is -0.365. The highest BCUT2D eigenvalue weighted by atomic mass is 35.5. The average molecular weight is 256 g/mol. The van der Waals surface area contributed by atoms with E-state index in [-0.39, 0.29) is 10.0 Å². The SMILES string of the molecule is COC(=O)c1nc(C(F)F)cc(Cl)c1Cl. The van der Waals surface area contributed by atoms with Crippen LogP contribution in [-0.4, -0.2) is 18.1 Å². The minimum Gasteiger partial charge on any atom is -0.464 e. The van der Waals surface area contributed by atoms with Crippen LogP contribution in [0.1, 0.15) is 22.6 Å². The Bertz CT molecular complexity index is 398. The van der Waals surface area contributed by atoms with Crippen LogP contribution >= 0.6 is 23.2 Å². The number of halogens is 4. The molecule has 0 fully saturated rings. The smallest absolute Gasteiger partial charge is 0.358 e. The van der Waals surface area contributed by atoms with Crippen molar-refractivity contribution in [2.45, 2.75) is 6.43 Å². The first-order valence-electron chi connectivity index (χ1n) is 3.69. The Hall–Kier alpha value is -0.940. The van der Waals surface area contributed by atoms with Gasteiger partial charge in [0.2, 0.25) is 0 Å². The van der Waals surface area contributed by atoms with E-state index >= 15 is 0 Å². The van der Waals surface area contributed by atoms with Crippen molar-refractivity contribution in [3.05, 3.63) is 27.5 Å².